The molecule has 1 nitrogen and oxygen atoms in total. The third-order valence-electron chi connectivity index (χ3n) is 2.48. The molecule has 0 aliphatic rings. The third-order valence-corrected chi connectivity index (χ3v) is 3.28. The van der Waals surface area contributed by atoms with Crippen molar-refractivity contribution in [2.24, 2.45) is 0 Å². The molecule has 0 saturated heterocycles. The molecule has 16 heavy (non-hydrogen) atoms. The molecule has 0 radical (unpaired) electrons. The second kappa shape index (κ2) is 7.22. The van der Waals surface area contributed by atoms with Crippen LogP contribution in [0.5, 0.6) is 0 Å². The van der Waals surface area contributed by atoms with Gasteiger partial charge in [-0.05, 0) is 19.4 Å². The minimum absolute atomic E-state index is 0.136. The van der Waals surface area contributed by atoms with Crippen molar-refractivity contribution in [3.8, 4) is 0 Å². The first-order chi connectivity index (χ1) is 7.69. The molecule has 0 bridgehead atoms. The van der Waals surface area contributed by atoms with Gasteiger partial charge in [0, 0.05) is 9.99 Å². The monoisotopic (exact) mass is 336 g/mol. The molecule has 0 fully saturated rings. The van der Waals surface area contributed by atoms with E-state index in [2.05, 4.69) is 29.5 Å². The minimum atomic E-state index is -0.173. The average molecular weight is 336 g/mol. The van der Waals surface area contributed by atoms with Crippen molar-refractivity contribution < 1.29 is 9.13 Å². The Morgan fingerprint density at radius 1 is 1.38 bits per heavy atom. The first-order valence-electron chi connectivity index (χ1n) is 5.64. The van der Waals surface area contributed by atoms with E-state index in [0.717, 1.165) is 17.3 Å². The molecule has 90 valence electrons. The summed E-state index contributed by atoms with van der Waals surface area (Å²) in [4.78, 5) is 0. The maximum absolute atomic E-state index is 13.6. The summed E-state index contributed by atoms with van der Waals surface area (Å²) in [5.41, 5.74) is 0.667. The van der Waals surface area contributed by atoms with Gasteiger partial charge >= 0.3 is 0 Å². The van der Waals surface area contributed by atoms with Crippen molar-refractivity contribution in [2.45, 2.75) is 38.9 Å². The lowest BCUT2D eigenvalue weighted by Gasteiger charge is -2.21. The molecule has 0 heterocycles. The fourth-order valence-corrected chi connectivity index (χ4v) is 2.37. The highest BCUT2D eigenvalue weighted by molar-refractivity contribution is 14.1. The molecule has 1 aromatic rings. The summed E-state index contributed by atoms with van der Waals surface area (Å²) in [6, 6.07) is 6.85. The Balaban J connectivity index is 2.71. The quantitative estimate of drug-likeness (QED) is 0.549. The van der Waals surface area contributed by atoms with E-state index in [9.17, 15) is 4.39 Å². The first kappa shape index (κ1) is 13.9. The van der Waals surface area contributed by atoms with E-state index < -0.39 is 0 Å². The van der Waals surface area contributed by atoms with Crippen LogP contribution in [0.2, 0.25) is 0 Å². The summed E-state index contributed by atoms with van der Waals surface area (Å²) < 4.78 is 20.2. The fraction of sp³-hybridized carbons (Fsp3) is 0.538. The molecule has 2 atom stereocenters. The van der Waals surface area contributed by atoms with Gasteiger partial charge in [-0.1, -0.05) is 54.1 Å². The Labute approximate surface area is 111 Å². The van der Waals surface area contributed by atoms with Gasteiger partial charge in [-0.15, -0.1) is 0 Å². The Morgan fingerprint density at radius 2 is 2.06 bits per heavy atom. The Bertz CT molecular complexity index is 317. The van der Waals surface area contributed by atoms with Gasteiger partial charge in [0.05, 0.1) is 12.2 Å². The van der Waals surface area contributed by atoms with Crippen molar-refractivity contribution in [2.75, 3.05) is 4.43 Å². The Morgan fingerprint density at radius 3 is 2.62 bits per heavy atom. The predicted molar refractivity (Wildman–Crippen MR) is 73.5 cm³/mol. The van der Waals surface area contributed by atoms with Crippen LogP contribution in [0.4, 0.5) is 4.39 Å². The van der Waals surface area contributed by atoms with E-state index in [0.29, 0.717) is 5.56 Å². The zero-order valence-corrected chi connectivity index (χ0v) is 11.9. The van der Waals surface area contributed by atoms with Crippen LogP contribution in [-0.2, 0) is 4.74 Å². The molecular formula is C13H18FIO. The van der Waals surface area contributed by atoms with E-state index in [1.54, 1.807) is 12.1 Å². The lowest BCUT2D eigenvalue weighted by Crippen LogP contribution is -2.15. The third kappa shape index (κ3) is 4.01. The van der Waals surface area contributed by atoms with Crippen molar-refractivity contribution in [3.63, 3.8) is 0 Å². The van der Waals surface area contributed by atoms with Crippen LogP contribution in [0.25, 0.3) is 0 Å². The zero-order chi connectivity index (χ0) is 12.0. The Kier molecular flexibility index (Phi) is 6.28. The molecule has 0 aliphatic heterocycles. The molecule has 1 aromatic carbocycles. The van der Waals surface area contributed by atoms with Crippen LogP contribution in [0, 0.1) is 5.82 Å². The van der Waals surface area contributed by atoms with E-state index in [1.165, 1.54) is 6.07 Å². The molecule has 3 heteroatoms. The van der Waals surface area contributed by atoms with Gasteiger partial charge in [0.25, 0.3) is 0 Å². The number of rotatable bonds is 6. The smallest absolute Gasteiger partial charge is 0.129 e. The van der Waals surface area contributed by atoms with E-state index in [1.807, 2.05) is 13.0 Å². The van der Waals surface area contributed by atoms with Crippen LogP contribution >= 0.6 is 22.6 Å². The largest absolute Gasteiger partial charge is 0.370 e. The molecule has 0 saturated carbocycles. The predicted octanol–water partition coefficient (Wildman–Crippen LogP) is 4.51. The minimum Gasteiger partial charge on any atom is -0.370 e. The van der Waals surface area contributed by atoms with Gasteiger partial charge in [-0.25, -0.2) is 4.39 Å². The second-order valence-corrected chi connectivity index (χ2v) is 4.78. The standard InChI is InChI=1S/C13H18FIO/c1-3-6-10(2)16-13(9-15)11-7-4-5-8-12(11)14/h4-5,7-8,10,13H,3,6,9H2,1-2H3. The number of halogens is 2. The van der Waals surface area contributed by atoms with Gasteiger partial charge in [-0.2, -0.15) is 0 Å². The average Bonchev–Trinajstić information content (AvgIpc) is 2.27. The van der Waals surface area contributed by atoms with Gasteiger partial charge < -0.3 is 4.74 Å². The number of ether oxygens (including phenoxy) is 1. The number of hydrogen-bond donors (Lipinski definition) is 0. The number of alkyl halides is 1. The molecule has 0 aromatic heterocycles. The second-order valence-electron chi connectivity index (χ2n) is 3.90. The number of hydrogen-bond acceptors (Lipinski definition) is 1. The SMILES string of the molecule is CCCC(C)OC(CI)c1ccccc1F. The maximum Gasteiger partial charge on any atom is 0.129 e. The summed E-state index contributed by atoms with van der Waals surface area (Å²) in [7, 11) is 0. The van der Waals surface area contributed by atoms with E-state index in [-0.39, 0.29) is 18.0 Å². The summed E-state index contributed by atoms with van der Waals surface area (Å²) >= 11 is 2.24. The van der Waals surface area contributed by atoms with Crippen LogP contribution in [0.1, 0.15) is 38.4 Å². The topological polar surface area (TPSA) is 9.23 Å². The normalized spacial score (nSPS) is 14.8. The maximum atomic E-state index is 13.6. The lowest BCUT2D eigenvalue weighted by molar-refractivity contribution is 0.00511. The lowest BCUT2D eigenvalue weighted by atomic mass is 10.1. The van der Waals surface area contributed by atoms with Crippen molar-refractivity contribution in [1.29, 1.82) is 0 Å². The van der Waals surface area contributed by atoms with Crippen LogP contribution < -0.4 is 0 Å². The van der Waals surface area contributed by atoms with E-state index >= 15 is 0 Å². The highest BCUT2D eigenvalue weighted by Gasteiger charge is 2.17. The number of benzene rings is 1. The summed E-state index contributed by atoms with van der Waals surface area (Å²) in [5, 5.41) is 0. The van der Waals surface area contributed by atoms with Crippen molar-refractivity contribution in [1.82, 2.24) is 0 Å². The summed E-state index contributed by atoms with van der Waals surface area (Å²) in [6.45, 7) is 4.17. The summed E-state index contributed by atoms with van der Waals surface area (Å²) in [6.07, 6.45) is 2.15. The zero-order valence-electron chi connectivity index (χ0n) is 9.75. The molecule has 2 unspecified atom stereocenters. The molecular weight excluding hydrogens is 318 g/mol. The van der Waals surface area contributed by atoms with Gasteiger partial charge in [-0.3, -0.25) is 0 Å². The molecule has 0 amide bonds. The van der Waals surface area contributed by atoms with E-state index in [4.69, 9.17) is 4.74 Å². The van der Waals surface area contributed by atoms with Crippen LogP contribution in [0.15, 0.2) is 24.3 Å². The molecule has 0 aliphatic carbocycles. The highest BCUT2D eigenvalue weighted by Crippen LogP contribution is 2.25. The molecule has 0 spiro atoms. The highest BCUT2D eigenvalue weighted by atomic mass is 127. The van der Waals surface area contributed by atoms with Gasteiger partial charge in [0.1, 0.15) is 5.82 Å². The van der Waals surface area contributed by atoms with Gasteiger partial charge in [0.2, 0.25) is 0 Å². The fourth-order valence-electron chi connectivity index (χ4n) is 1.68. The van der Waals surface area contributed by atoms with Gasteiger partial charge in [0.15, 0.2) is 0 Å². The van der Waals surface area contributed by atoms with Crippen LogP contribution in [-0.4, -0.2) is 10.5 Å². The Hall–Kier alpha value is -0.160. The first-order valence-corrected chi connectivity index (χ1v) is 7.17. The van der Waals surface area contributed by atoms with Crippen molar-refractivity contribution >= 4 is 22.6 Å². The van der Waals surface area contributed by atoms with Crippen molar-refractivity contribution in [3.05, 3.63) is 35.6 Å². The van der Waals surface area contributed by atoms with Crippen LogP contribution in [0.3, 0.4) is 0 Å². The molecule has 0 N–H and O–H groups in total. The summed E-state index contributed by atoms with van der Waals surface area (Å²) in [5.74, 6) is -0.173. The molecule has 1 rings (SSSR count).